The number of urea groups is 1. The van der Waals surface area contributed by atoms with Gasteiger partial charge in [0.1, 0.15) is 12.4 Å². The topological polar surface area (TPSA) is 70.7 Å². The van der Waals surface area contributed by atoms with E-state index < -0.39 is 0 Å². The van der Waals surface area contributed by atoms with Crippen LogP contribution in [0.15, 0.2) is 54.6 Å². The summed E-state index contributed by atoms with van der Waals surface area (Å²) in [5, 5.41) is 5.74. The van der Waals surface area contributed by atoms with Crippen molar-refractivity contribution in [1.82, 2.24) is 15.5 Å². The van der Waals surface area contributed by atoms with Gasteiger partial charge in [-0.1, -0.05) is 42.5 Å². The third kappa shape index (κ3) is 5.23. The third-order valence-electron chi connectivity index (χ3n) is 4.51. The van der Waals surface area contributed by atoms with Gasteiger partial charge in [-0.3, -0.25) is 4.79 Å². The Hall–Kier alpha value is -3.02. The minimum absolute atomic E-state index is 0.0399. The molecule has 0 spiro atoms. The fourth-order valence-corrected chi connectivity index (χ4v) is 3.18. The van der Waals surface area contributed by atoms with Crippen molar-refractivity contribution >= 4 is 11.9 Å². The molecule has 3 rings (SSSR count). The van der Waals surface area contributed by atoms with Crippen LogP contribution in [0.1, 0.15) is 23.6 Å². The molecule has 1 aliphatic heterocycles. The van der Waals surface area contributed by atoms with Crippen LogP contribution >= 0.6 is 0 Å². The first-order valence-corrected chi connectivity index (χ1v) is 9.19. The van der Waals surface area contributed by atoms with Crippen LogP contribution in [0.2, 0.25) is 0 Å². The van der Waals surface area contributed by atoms with Gasteiger partial charge in [0.2, 0.25) is 5.91 Å². The lowest BCUT2D eigenvalue weighted by atomic mass is 10.0. The standard InChI is InChI=1S/C21H25N3O3/c1-16-6-5-9-18(14-16)27-13-11-23-21(26)24-12-10-22-20(25)15-19(24)17-7-3-2-4-8-17/h2-9,14,19H,10-13,15H2,1H3,(H,22,25)(H,23,26)/t19-/m0/s1. The largest absolute Gasteiger partial charge is 0.492 e. The first-order valence-electron chi connectivity index (χ1n) is 9.19. The number of amides is 3. The number of aryl methyl sites for hydroxylation is 1. The van der Waals surface area contributed by atoms with Crippen molar-refractivity contribution in [2.45, 2.75) is 19.4 Å². The van der Waals surface area contributed by atoms with E-state index in [-0.39, 0.29) is 24.4 Å². The molecule has 3 amide bonds. The van der Waals surface area contributed by atoms with Gasteiger partial charge in [-0.2, -0.15) is 0 Å². The molecule has 2 aromatic carbocycles. The van der Waals surface area contributed by atoms with E-state index in [4.69, 9.17) is 4.74 Å². The van der Waals surface area contributed by atoms with Crippen molar-refractivity contribution in [3.63, 3.8) is 0 Å². The number of ether oxygens (including phenoxy) is 1. The zero-order chi connectivity index (χ0) is 19.1. The molecule has 27 heavy (non-hydrogen) atoms. The van der Waals surface area contributed by atoms with Crippen LogP contribution in [0.3, 0.4) is 0 Å². The number of nitrogens with zero attached hydrogens (tertiary/aromatic N) is 1. The van der Waals surface area contributed by atoms with Gasteiger partial charge in [0, 0.05) is 13.1 Å². The Labute approximate surface area is 159 Å². The summed E-state index contributed by atoms with van der Waals surface area (Å²) in [5.74, 6) is 0.748. The van der Waals surface area contributed by atoms with Gasteiger partial charge in [-0.15, -0.1) is 0 Å². The Morgan fingerprint density at radius 3 is 2.81 bits per heavy atom. The number of carbonyl (C=O) groups is 2. The highest BCUT2D eigenvalue weighted by molar-refractivity contribution is 5.80. The molecule has 0 aromatic heterocycles. The van der Waals surface area contributed by atoms with Crippen LogP contribution in [0.25, 0.3) is 0 Å². The van der Waals surface area contributed by atoms with Gasteiger partial charge < -0.3 is 20.3 Å². The van der Waals surface area contributed by atoms with E-state index in [1.165, 1.54) is 0 Å². The van der Waals surface area contributed by atoms with Crippen molar-refractivity contribution < 1.29 is 14.3 Å². The predicted molar refractivity (Wildman–Crippen MR) is 104 cm³/mol. The smallest absolute Gasteiger partial charge is 0.318 e. The maximum atomic E-state index is 12.7. The second kappa shape index (κ2) is 9.07. The van der Waals surface area contributed by atoms with Crippen molar-refractivity contribution in [1.29, 1.82) is 0 Å². The lowest BCUT2D eigenvalue weighted by molar-refractivity contribution is -0.121. The zero-order valence-electron chi connectivity index (χ0n) is 15.5. The quantitative estimate of drug-likeness (QED) is 0.798. The van der Waals surface area contributed by atoms with E-state index in [9.17, 15) is 9.59 Å². The van der Waals surface area contributed by atoms with E-state index in [0.717, 1.165) is 16.9 Å². The number of rotatable bonds is 5. The molecule has 2 N–H and O–H groups in total. The van der Waals surface area contributed by atoms with Gasteiger partial charge in [0.05, 0.1) is 19.0 Å². The SMILES string of the molecule is Cc1cccc(OCCNC(=O)N2CCNC(=O)C[C@H]2c2ccccc2)c1. The van der Waals surface area contributed by atoms with E-state index in [1.54, 1.807) is 4.90 Å². The predicted octanol–water partition coefficient (Wildman–Crippen LogP) is 2.65. The van der Waals surface area contributed by atoms with E-state index >= 15 is 0 Å². The minimum Gasteiger partial charge on any atom is -0.492 e. The Morgan fingerprint density at radius 2 is 2.04 bits per heavy atom. The highest BCUT2D eigenvalue weighted by Crippen LogP contribution is 2.25. The van der Waals surface area contributed by atoms with Gasteiger partial charge in [-0.25, -0.2) is 4.79 Å². The molecule has 1 aliphatic rings. The summed E-state index contributed by atoms with van der Waals surface area (Å²) >= 11 is 0. The number of carbonyl (C=O) groups excluding carboxylic acids is 2. The van der Waals surface area contributed by atoms with Crippen LogP contribution < -0.4 is 15.4 Å². The lowest BCUT2D eigenvalue weighted by Crippen LogP contribution is -2.44. The maximum absolute atomic E-state index is 12.7. The highest BCUT2D eigenvalue weighted by atomic mass is 16.5. The molecule has 1 heterocycles. The first kappa shape index (κ1) is 18.8. The molecule has 0 radical (unpaired) electrons. The summed E-state index contributed by atoms with van der Waals surface area (Å²) < 4.78 is 5.68. The molecule has 6 nitrogen and oxygen atoms in total. The van der Waals surface area contributed by atoms with Gasteiger partial charge in [0.15, 0.2) is 0 Å². The normalized spacial score (nSPS) is 17.0. The number of nitrogens with one attached hydrogen (secondary N) is 2. The van der Waals surface area contributed by atoms with Gasteiger partial charge >= 0.3 is 6.03 Å². The van der Waals surface area contributed by atoms with Crippen LogP contribution in [0.5, 0.6) is 5.75 Å². The summed E-state index contributed by atoms with van der Waals surface area (Å²) in [6.07, 6.45) is 0.261. The van der Waals surface area contributed by atoms with Crippen molar-refractivity contribution in [2.75, 3.05) is 26.2 Å². The second-order valence-corrected chi connectivity index (χ2v) is 6.57. The van der Waals surface area contributed by atoms with Crippen LogP contribution in [0.4, 0.5) is 4.79 Å². The van der Waals surface area contributed by atoms with Crippen molar-refractivity contribution in [3.05, 3.63) is 65.7 Å². The highest BCUT2D eigenvalue weighted by Gasteiger charge is 2.29. The summed E-state index contributed by atoms with van der Waals surface area (Å²) in [5.41, 5.74) is 2.09. The molecule has 6 heteroatoms. The Balaban J connectivity index is 1.58. The Kier molecular flexibility index (Phi) is 6.30. The fraction of sp³-hybridized carbons (Fsp3) is 0.333. The average molecular weight is 367 g/mol. The number of benzene rings is 2. The molecule has 1 fully saturated rings. The summed E-state index contributed by atoms with van der Waals surface area (Å²) in [6.45, 7) is 3.71. The van der Waals surface area contributed by atoms with E-state index in [1.807, 2.05) is 61.5 Å². The summed E-state index contributed by atoms with van der Waals surface area (Å²) in [6, 6.07) is 17.0. The Bertz CT molecular complexity index is 779. The molecule has 0 unspecified atom stereocenters. The second-order valence-electron chi connectivity index (χ2n) is 6.57. The monoisotopic (exact) mass is 367 g/mol. The van der Waals surface area contributed by atoms with E-state index in [2.05, 4.69) is 10.6 Å². The summed E-state index contributed by atoms with van der Waals surface area (Å²) in [7, 11) is 0. The minimum atomic E-state index is -0.272. The lowest BCUT2D eigenvalue weighted by Gasteiger charge is -2.29. The molecule has 0 bridgehead atoms. The molecule has 0 saturated carbocycles. The first-order chi connectivity index (χ1) is 13.1. The zero-order valence-corrected chi connectivity index (χ0v) is 15.5. The van der Waals surface area contributed by atoms with Crippen molar-refractivity contribution in [2.24, 2.45) is 0 Å². The maximum Gasteiger partial charge on any atom is 0.318 e. The average Bonchev–Trinajstić information content (AvgIpc) is 2.87. The number of hydrogen-bond acceptors (Lipinski definition) is 3. The molecule has 2 aromatic rings. The van der Waals surface area contributed by atoms with Crippen molar-refractivity contribution in [3.8, 4) is 5.75 Å². The molecule has 142 valence electrons. The van der Waals surface area contributed by atoms with Crippen LogP contribution in [-0.2, 0) is 4.79 Å². The third-order valence-corrected chi connectivity index (χ3v) is 4.51. The van der Waals surface area contributed by atoms with E-state index in [0.29, 0.717) is 26.2 Å². The van der Waals surface area contributed by atoms with Gasteiger partial charge in [0.25, 0.3) is 0 Å². The number of hydrogen-bond donors (Lipinski definition) is 2. The molecule has 1 atom stereocenters. The van der Waals surface area contributed by atoms with Crippen LogP contribution in [-0.4, -0.2) is 43.1 Å². The molecule has 0 aliphatic carbocycles. The van der Waals surface area contributed by atoms with Gasteiger partial charge in [-0.05, 0) is 30.2 Å². The van der Waals surface area contributed by atoms with Crippen LogP contribution in [0, 0.1) is 6.92 Å². The fourth-order valence-electron chi connectivity index (χ4n) is 3.18. The molecular formula is C21H25N3O3. The molecule has 1 saturated heterocycles. The Morgan fingerprint density at radius 1 is 1.22 bits per heavy atom. The summed E-state index contributed by atoms with van der Waals surface area (Å²) in [4.78, 5) is 26.4. The molecular weight excluding hydrogens is 342 g/mol.